The third kappa shape index (κ3) is 19.5. The molecule has 0 unspecified atom stereocenters. The van der Waals surface area contributed by atoms with Crippen LogP contribution in [0.2, 0.25) is 0 Å². The number of hydrogen-bond donors (Lipinski definition) is 1. The Morgan fingerprint density at radius 1 is 0.696 bits per heavy atom. The molecule has 128 valence electrons. The second-order valence-electron chi connectivity index (χ2n) is 4.83. The second-order valence-corrected chi connectivity index (χ2v) is 4.83. The minimum absolute atomic E-state index is 0. The number of aliphatic carboxylic acids is 1. The van der Waals surface area contributed by atoms with Crippen molar-refractivity contribution in [2.24, 2.45) is 0 Å². The average molecular weight is 320 g/mol. The summed E-state index contributed by atoms with van der Waals surface area (Å²) in [7, 11) is 0. The molecule has 0 aliphatic carbocycles. The highest BCUT2D eigenvalue weighted by Gasteiger charge is 1.80. The smallest absolute Gasteiger partial charge is 0.300 e. The summed E-state index contributed by atoms with van der Waals surface area (Å²) >= 11 is 0. The van der Waals surface area contributed by atoms with Crippen molar-refractivity contribution >= 4 is 12.8 Å². The van der Waals surface area contributed by atoms with E-state index in [9.17, 15) is 0 Å². The topological polar surface area (TPSA) is 85.9 Å². The number of carbonyl (C=O) groups excluding carboxylic acids is 1. The first-order valence-electron chi connectivity index (χ1n) is 6.86. The summed E-state index contributed by atoms with van der Waals surface area (Å²) in [6.07, 6.45) is 0. The van der Waals surface area contributed by atoms with Gasteiger partial charge in [-0.2, -0.15) is 0 Å². The van der Waals surface area contributed by atoms with Crippen molar-refractivity contribution in [1.82, 2.24) is 0 Å². The Balaban J connectivity index is -0.000000254. The van der Waals surface area contributed by atoms with Crippen LogP contribution in [-0.4, -0.2) is 23.3 Å². The van der Waals surface area contributed by atoms with E-state index in [-0.39, 0.29) is 5.48 Å². The van der Waals surface area contributed by atoms with Crippen LogP contribution in [0.5, 0.6) is 0 Å². The summed E-state index contributed by atoms with van der Waals surface area (Å²) in [5.41, 5.74) is 5.32. The third-order valence-corrected chi connectivity index (χ3v) is 2.44. The van der Waals surface area contributed by atoms with Crippen molar-refractivity contribution in [1.29, 1.82) is 0 Å². The lowest BCUT2D eigenvalue weighted by atomic mass is 10.2. The van der Waals surface area contributed by atoms with Crippen LogP contribution in [0.25, 0.3) is 0 Å². The predicted molar refractivity (Wildman–Crippen MR) is 95.9 cm³/mol. The fourth-order valence-electron chi connectivity index (χ4n) is 1.27. The lowest BCUT2D eigenvalue weighted by Crippen LogP contribution is -1.78. The zero-order valence-electron chi connectivity index (χ0n) is 14.6. The van der Waals surface area contributed by atoms with Gasteiger partial charge in [0.2, 0.25) is 0 Å². The summed E-state index contributed by atoms with van der Waals surface area (Å²) in [6.45, 7) is 11.5. The van der Waals surface area contributed by atoms with Gasteiger partial charge in [-0.3, -0.25) is 4.79 Å². The molecule has 0 spiro atoms. The van der Waals surface area contributed by atoms with E-state index in [4.69, 9.17) is 14.7 Å². The number of hydrogen-bond acceptors (Lipinski definition) is 2. The molecule has 0 amide bonds. The van der Waals surface area contributed by atoms with Crippen LogP contribution in [0.3, 0.4) is 0 Å². The molecule has 0 aliphatic heterocycles. The molecule has 3 N–H and O–H groups in total. The maximum atomic E-state index is 9.00. The normalized spacial score (nSPS) is 7.70. The van der Waals surface area contributed by atoms with Gasteiger partial charge < -0.3 is 15.4 Å². The van der Waals surface area contributed by atoms with Crippen LogP contribution < -0.4 is 0 Å². The fraction of sp³-hybridized carbons (Fsp3) is 0.263. The summed E-state index contributed by atoms with van der Waals surface area (Å²) in [4.78, 5) is 17.0. The molecule has 0 radical (unpaired) electrons. The fourth-order valence-corrected chi connectivity index (χ4v) is 1.27. The number of aryl methyl sites for hydroxylation is 4. The largest absolute Gasteiger partial charge is 0.481 e. The Morgan fingerprint density at radius 2 is 0.783 bits per heavy atom. The van der Waals surface area contributed by atoms with Crippen molar-refractivity contribution in [3.05, 3.63) is 70.8 Å². The first kappa shape index (κ1) is 25.5. The second kappa shape index (κ2) is 15.9. The molecular formula is C19H28O4. The van der Waals surface area contributed by atoms with Gasteiger partial charge in [0.1, 0.15) is 6.79 Å². The zero-order chi connectivity index (χ0) is 17.5. The Labute approximate surface area is 139 Å². The van der Waals surface area contributed by atoms with Gasteiger partial charge in [-0.05, 0) is 27.7 Å². The van der Waals surface area contributed by atoms with Crippen LogP contribution in [0.15, 0.2) is 48.5 Å². The van der Waals surface area contributed by atoms with E-state index < -0.39 is 5.97 Å². The van der Waals surface area contributed by atoms with E-state index in [0.29, 0.717) is 0 Å². The highest BCUT2D eigenvalue weighted by Crippen LogP contribution is 2.00. The van der Waals surface area contributed by atoms with E-state index in [1.807, 2.05) is 6.79 Å². The lowest BCUT2D eigenvalue weighted by Gasteiger charge is -1.90. The molecule has 23 heavy (non-hydrogen) atoms. The Hall–Kier alpha value is -2.46. The minimum Gasteiger partial charge on any atom is -0.481 e. The van der Waals surface area contributed by atoms with Crippen LogP contribution in [-0.2, 0) is 9.59 Å². The predicted octanol–water partition coefficient (Wildman–Crippen LogP) is 3.69. The monoisotopic (exact) mass is 320 g/mol. The molecule has 0 bridgehead atoms. The van der Waals surface area contributed by atoms with Crippen LogP contribution in [0, 0.1) is 27.7 Å². The molecule has 2 aromatic rings. The summed E-state index contributed by atoms with van der Waals surface area (Å²) in [5.74, 6) is -0.833. The van der Waals surface area contributed by atoms with Crippen molar-refractivity contribution in [2.75, 3.05) is 0 Å². The maximum Gasteiger partial charge on any atom is 0.300 e. The number of rotatable bonds is 0. The summed E-state index contributed by atoms with van der Waals surface area (Å²) in [5, 5.41) is 7.42. The first-order chi connectivity index (χ1) is 10.3. The highest BCUT2D eigenvalue weighted by atomic mass is 16.4. The maximum absolute atomic E-state index is 9.00. The van der Waals surface area contributed by atoms with Crippen molar-refractivity contribution < 1.29 is 20.2 Å². The third-order valence-electron chi connectivity index (χ3n) is 2.44. The van der Waals surface area contributed by atoms with Crippen LogP contribution in [0.4, 0.5) is 0 Å². The number of carboxylic acids is 1. The molecule has 0 aliphatic rings. The Morgan fingerprint density at radius 3 is 0.870 bits per heavy atom. The van der Waals surface area contributed by atoms with Gasteiger partial charge in [0.05, 0.1) is 0 Å². The van der Waals surface area contributed by atoms with E-state index in [1.54, 1.807) is 0 Å². The van der Waals surface area contributed by atoms with Crippen molar-refractivity contribution in [2.45, 2.75) is 34.6 Å². The zero-order valence-corrected chi connectivity index (χ0v) is 14.6. The molecule has 2 rings (SSSR count). The molecule has 4 nitrogen and oxygen atoms in total. The molecule has 4 heteroatoms. The van der Waals surface area contributed by atoms with E-state index in [0.717, 1.165) is 6.92 Å². The Kier molecular flexibility index (Phi) is 17.6. The van der Waals surface area contributed by atoms with Crippen LogP contribution in [0.1, 0.15) is 29.2 Å². The number of carboxylic acid groups (broad SMARTS) is 1. The summed E-state index contributed by atoms with van der Waals surface area (Å²) in [6, 6.07) is 17.0. The average Bonchev–Trinajstić information content (AvgIpc) is 2.48. The Bertz CT molecular complexity index is 427. The quantitative estimate of drug-likeness (QED) is 0.803. The van der Waals surface area contributed by atoms with Gasteiger partial charge in [0, 0.05) is 6.92 Å². The SMILES string of the molecule is C=O.CC(=O)O.Cc1ccc(C)cc1.Cc1ccc(C)cc1.O. The summed E-state index contributed by atoms with van der Waals surface area (Å²) < 4.78 is 0. The molecule has 0 saturated carbocycles. The highest BCUT2D eigenvalue weighted by molar-refractivity contribution is 5.62. The van der Waals surface area contributed by atoms with Gasteiger partial charge in [-0.25, -0.2) is 0 Å². The lowest BCUT2D eigenvalue weighted by molar-refractivity contribution is -0.134. The minimum atomic E-state index is -0.833. The van der Waals surface area contributed by atoms with Gasteiger partial charge in [0.25, 0.3) is 5.97 Å². The number of benzene rings is 2. The molecule has 0 saturated heterocycles. The molecular weight excluding hydrogens is 292 g/mol. The van der Waals surface area contributed by atoms with Crippen LogP contribution >= 0.6 is 0 Å². The van der Waals surface area contributed by atoms with E-state index in [1.165, 1.54) is 22.3 Å². The van der Waals surface area contributed by atoms with Crippen molar-refractivity contribution in [3.63, 3.8) is 0 Å². The van der Waals surface area contributed by atoms with E-state index >= 15 is 0 Å². The molecule has 2 aromatic carbocycles. The molecule has 0 heterocycles. The molecule has 0 atom stereocenters. The molecule has 0 aromatic heterocycles. The molecule has 0 fully saturated rings. The first-order valence-corrected chi connectivity index (χ1v) is 6.86. The van der Waals surface area contributed by atoms with Crippen molar-refractivity contribution in [3.8, 4) is 0 Å². The standard InChI is InChI=1S/2C8H10.C2H4O2.CH2O.H2O/c2*1-7-3-5-8(2)6-4-7;1-2(3)4;1-2;/h2*3-6H,1-2H3;1H3,(H,3,4);1H2;1H2. The van der Waals surface area contributed by atoms with Gasteiger partial charge in [-0.15, -0.1) is 0 Å². The van der Waals surface area contributed by atoms with E-state index in [2.05, 4.69) is 76.2 Å². The van der Waals surface area contributed by atoms with Gasteiger partial charge >= 0.3 is 0 Å². The van der Waals surface area contributed by atoms with Gasteiger partial charge in [0.15, 0.2) is 0 Å². The number of carbonyl (C=O) groups is 2. The van der Waals surface area contributed by atoms with Gasteiger partial charge in [-0.1, -0.05) is 70.8 Å².